The minimum absolute atomic E-state index is 0.428. The second kappa shape index (κ2) is 18.4. The Labute approximate surface area is 364 Å². The van der Waals surface area contributed by atoms with Gasteiger partial charge in [0.2, 0.25) is 0 Å². The average molecular weight is 819 g/mol. The molecule has 0 aromatic rings. The molecular formula is C55H94O4. The molecule has 16 bridgehead atoms. The van der Waals surface area contributed by atoms with Gasteiger partial charge in [0.25, 0.3) is 0 Å². The fourth-order valence-corrected chi connectivity index (χ4v) is 18.8. The molecule has 59 heavy (non-hydrogen) atoms. The van der Waals surface area contributed by atoms with Gasteiger partial charge in [-0.2, -0.15) is 0 Å². The molecule has 0 spiro atoms. The van der Waals surface area contributed by atoms with E-state index < -0.39 is 0 Å². The Bertz CT molecular complexity index is 1220. The predicted molar refractivity (Wildman–Crippen MR) is 242 cm³/mol. The van der Waals surface area contributed by atoms with Crippen LogP contribution in [0.3, 0.4) is 0 Å². The van der Waals surface area contributed by atoms with Crippen LogP contribution in [0.2, 0.25) is 0 Å². The summed E-state index contributed by atoms with van der Waals surface area (Å²) >= 11 is 0. The lowest BCUT2D eigenvalue weighted by molar-refractivity contribution is -0.155. The van der Waals surface area contributed by atoms with Crippen LogP contribution in [0.25, 0.3) is 0 Å². The normalized spacial score (nSPS) is 49.3. The Kier molecular flexibility index (Phi) is 13.7. The molecule has 4 nitrogen and oxygen atoms in total. The zero-order valence-electron chi connectivity index (χ0n) is 39.9. The number of hydrogen-bond acceptors (Lipinski definition) is 4. The van der Waals surface area contributed by atoms with Gasteiger partial charge in [0.15, 0.2) is 0 Å². The van der Waals surface area contributed by atoms with E-state index in [0.717, 1.165) is 103 Å². The minimum atomic E-state index is 0.428. The highest BCUT2D eigenvalue weighted by Gasteiger charge is 2.54. The van der Waals surface area contributed by atoms with E-state index in [0.29, 0.717) is 47.3 Å². The summed E-state index contributed by atoms with van der Waals surface area (Å²) < 4.78 is 24.2. The summed E-state index contributed by atoms with van der Waals surface area (Å²) in [6.07, 6.45) is 35.7. The van der Waals surface area contributed by atoms with Crippen LogP contribution in [0.1, 0.15) is 197 Å². The highest BCUT2D eigenvalue weighted by atomic mass is 16.5. The molecule has 0 aliphatic heterocycles. The monoisotopic (exact) mass is 819 g/mol. The van der Waals surface area contributed by atoms with E-state index in [1.165, 1.54) is 109 Å². The number of rotatable bonds is 11. The molecule has 16 fully saturated rings. The standard InChI is InChI=1S/C15H26O.C14H24O.2C13H22O/c1-9(2)10(3)16-15-13-5-11-4-12(7-13)8-14(15)6-11;1-3-15-10(2)14-7-11-4-12(8-14)6-13(5-11)9-14;1-8(2)14-13-11-4-9-3-10(6-11)7-12(13)5-9;1-2-14-9-13-6-10-3-11(7-13)5-12(4-10)8-13/h9-15H,4-8H2,1-3H3;10-13H,3-9H2,1-2H3;8-13H,3-7H2,1-2H3;10-12H,2-9H2,1H3. The lowest BCUT2D eigenvalue weighted by Gasteiger charge is -2.58. The summed E-state index contributed by atoms with van der Waals surface area (Å²) in [5.74, 6) is 15.0. The van der Waals surface area contributed by atoms with E-state index in [1.807, 2.05) is 0 Å². The third-order valence-electron chi connectivity index (χ3n) is 20.2. The summed E-state index contributed by atoms with van der Waals surface area (Å²) in [7, 11) is 0. The van der Waals surface area contributed by atoms with Crippen molar-refractivity contribution in [1.82, 2.24) is 0 Å². The molecule has 2 atom stereocenters. The molecule has 0 aromatic heterocycles. The molecular weight excluding hydrogens is 725 g/mol. The third-order valence-corrected chi connectivity index (χ3v) is 20.2. The molecule has 4 heteroatoms. The quantitative estimate of drug-likeness (QED) is 0.208. The molecule has 0 heterocycles. The third kappa shape index (κ3) is 9.77. The van der Waals surface area contributed by atoms with Gasteiger partial charge in [-0.1, -0.05) is 13.8 Å². The second-order valence-electron chi connectivity index (χ2n) is 25.5. The van der Waals surface area contributed by atoms with Crippen LogP contribution in [0.4, 0.5) is 0 Å². The lowest BCUT2D eigenvalue weighted by atomic mass is 9.48. The Morgan fingerprint density at radius 2 is 0.780 bits per heavy atom. The van der Waals surface area contributed by atoms with E-state index >= 15 is 0 Å². The van der Waals surface area contributed by atoms with Gasteiger partial charge in [0.1, 0.15) is 0 Å². The first-order valence-corrected chi connectivity index (χ1v) is 26.9. The summed E-state index contributed by atoms with van der Waals surface area (Å²) in [5.41, 5.74) is 1.22. The van der Waals surface area contributed by atoms with Crippen LogP contribution in [-0.4, -0.2) is 50.3 Å². The maximum absolute atomic E-state index is 6.39. The van der Waals surface area contributed by atoms with E-state index in [4.69, 9.17) is 18.9 Å². The van der Waals surface area contributed by atoms with Crippen LogP contribution in [0, 0.1) is 99.6 Å². The summed E-state index contributed by atoms with van der Waals surface area (Å²) in [6.45, 7) is 20.6. The van der Waals surface area contributed by atoms with Crippen molar-refractivity contribution in [3.05, 3.63) is 0 Å². The van der Waals surface area contributed by atoms with Crippen molar-refractivity contribution in [1.29, 1.82) is 0 Å². The topological polar surface area (TPSA) is 36.9 Å². The fourth-order valence-electron chi connectivity index (χ4n) is 18.8. The Morgan fingerprint density at radius 3 is 1.12 bits per heavy atom. The van der Waals surface area contributed by atoms with Gasteiger partial charge in [-0.3, -0.25) is 0 Å². The van der Waals surface area contributed by atoms with E-state index in [9.17, 15) is 0 Å². The van der Waals surface area contributed by atoms with Gasteiger partial charge in [0.05, 0.1) is 37.1 Å². The van der Waals surface area contributed by atoms with Gasteiger partial charge in [-0.15, -0.1) is 0 Å². The van der Waals surface area contributed by atoms with Gasteiger partial charge >= 0.3 is 0 Å². The molecule has 0 radical (unpaired) electrons. The number of ether oxygens (including phenoxy) is 4. The zero-order valence-corrected chi connectivity index (χ0v) is 39.9. The molecule has 0 saturated heterocycles. The highest BCUT2D eigenvalue weighted by molar-refractivity contribution is 5.05. The van der Waals surface area contributed by atoms with Crippen LogP contribution in [0.5, 0.6) is 0 Å². The van der Waals surface area contributed by atoms with Gasteiger partial charge in [-0.05, 0) is 282 Å². The molecule has 338 valence electrons. The average Bonchev–Trinajstić information content (AvgIpc) is 3.16. The van der Waals surface area contributed by atoms with E-state index in [-0.39, 0.29) is 0 Å². The molecule has 16 aliphatic carbocycles. The van der Waals surface area contributed by atoms with E-state index in [1.54, 1.807) is 32.1 Å². The van der Waals surface area contributed by atoms with E-state index in [2.05, 4.69) is 55.4 Å². The summed E-state index contributed by atoms with van der Waals surface area (Å²) in [5, 5.41) is 0. The SMILES string of the molecule is CC(C)C(C)OC1C2CC3CC(C2)CC1C3.CC(C)OC1C2CC3CC(C2)CC1C3.CCOC(C)C12CC3CC(CC(C3)C1)C2.CCOCC12CC3CC(CC(C3)C1)C2. The van der Waals surface area contributed by atoms with Crippen molar-refractivity contribution in [3.8, 4) is 0 Å². The fraction of sp³-hybridized carbons (Fsp3) is 1.00. The summed E-state index contributed by atoms with van der Waals surface area (Å²) in [4.78, 5) is 0. The number of hydrogen-bond donors (Lipinski definition) is 0. The van der Waals surface area contributed by atoms with Gasteiger partial charge < -0.3 is 18.9 Å². The van der Waals surface area contributed by atoms with Crippen LogP contribution < -0.4 is 0 Å². The first kappa shape index (κ1) is 44.1. The Balaban J connectivity index is 0.000000102. The smallest absolute Gasteiger partial charge is 0.0635 e. The van der Waals surface area contributed by atoms with Crippen molar-refractivity contribution < 1.29 is 18.9 Å². The second-order valence-corrected chi connectivity index (χ2v) is 25.5. The molecule has 0 amide bonds. The molecule has 16 rings (SSSR count). The summed E-state index contributed by atoms with van der Waals surface area (Å²) in [6, 6.07) is 0. The largest absolute Gasteiger partial charge is 0.381 e. The maximum Gasteiger partial charge on any atom is 0.0635 e. The van der Waals surface area contributed by atoms with Crippen LogP contribution in [0.15, 0.2) is 0 Å². The van der Waals surface area contributed by atoms with Crippen LogP contribution >= 0.6 is 0 Å². The molecule has 0 aromatic carbocycles. The maximum atomic E-state index is 6.39. The van der Waals surface area contributed by atoms with Gasteiger partial charge in [-0.25, -0.2) is 0 Å². The molecule has 16 aliphatic rings. The lowest BCUT2D eigenvalue weighted by Crippen LogP contribution is -2.51. The highest BCUT2D eigenvalue weighted by Crippen LogP contribution is 2.63. The first-order valence-electron chi connectivity index (χ1n) is 26.9. The Morgan fingerprint density at radius 1 is 0.424 bits per heavy atom. The van der Waals surface area contributed by atoms with Crippen LogP contribution in [-0.2, 0) is 18.9 Å². The van der Waals surface area contributed by atoms with Gasteiger partial charge in [0, 0.05) is 13.2 Å². The van der Waals surface area contributed by atoms with Crippen molar-refractivity contribution in [2.45, 2.75) is 227 Å². The zero-order chi connectivity index (χ0) is 41.1. The van der Waals surface area contributed by atoms with Crippen molar-refractivity contribution in [3.63, 3.8) is 0 Å². The Hall–Kier alpha value is -0.160. The molecule has 16 saturated carbocycles. The van der Waals surface area contributed by atoms with Crippen molar-refractivity contribution in [2.75, 3.05) is 19.8 Å². The minimum Gasteiger partial charge on any atom is -0.381 e. The van der Waals surface area contributed by atoms with Crippen molar-refractivity contribution >= 4 is 0 Å². The predicted octanol–water partition coefficient (Wildman–Crippen LogP) is 14.0. The molecule has 0 N–H and O–H groups in total. The molecule has 2 unspecified atom stereocenters. The van der Waals surface area contributed by atoms with Crippen molar-refractivity contribution in [2.24, 2.45) is 99.6 Å². The first-order chi connectivity index (χ1) is 28.4.